The van der Waals surface area contributed by atoms with Crippen LogP contribution in [0.5, 0.6) is 0 Å². The lowest BCUT2D eigenvalue weighted by Gasteiger charge is -2.17. The second kappa shape index (κ2) is 11.1. The van der Waals surface area contributed by atoms with Crippen molar-refractivity contribution in [3.63, 3.8) is 0 Å². The van der Waals surface area contributed by atoms with Gasteiger partial charge in [0.1, 0.15) is 12.2 Å². The van der Waals surface area contributed by atoms with Crippen LogP contribution in [0.15, 0.2) is 55.0 Å². The number of carboxylic acid groups (broad SMARTS) is 1. The molecule has 3 heterocycles. The number of aryl methyl sites for hydroxylation is 1. The van der Waals surface area contributed by atoms with Crippen molar-refractivity contribution in [1.82, 2.24) is 35.5 Å². The molecule has 0 unspecified atom stereocenters. The van der Waals surface area contributed by atoms with E-state index in [-0.39, 0.29) is 17.5 Å². The third-order valence-electron chi connectivity index (χ3n) is 6.46. The molecule has 38 heavy (non-hydrogen) atoms. The third kappa shape index (κ3) is 5.61. The van der Waals surface area contributed by atoms with Gasteiger partial charge in [-0.25, -0.2) is 9.78 Å². The summed E-state index contributed by atoms with van der Waals surface area (Å²) >= 11 is 0. The second-order valence-corrected chi connectivity index (χ2v) is 9.22. The number of benzene rings is 2. The Bertz CT molecular complexity index is 1480. The molecular weight excluding hydrogens is 484 g/mol. The second-order valence-electron chi connectivity index (χ2n) is 9.22. The highest BCUT2D eigenvalue weighted by atomic mass is 16.4. The number of imidazole rings is 1. The summed E-state index contributed by atoms with van der Waals surface area (Å²) in [5.41, 5.74) is 4.96. The lowest BCUT2D eigenvalue weighted by Crippen LogP contribution is -2.27. The van der Waals surface area contributed by atoms with Crippen LogP contribution in [0.1, 0.15) is 59.0 Å². The molecule has 11 nitrogen and oxygen atoms in total. The molecule has 2 aromatic heterocycles. The van der Waals surface area contributed by atoms with Crippen molar-refractivity contribution in [2.24, 2.45) is 0 Å². The van der Waals surface area contributed by atoms with Gasteiger partial charge in [0.05, 0.1) is 23.0 Å². The van der Waals surface area contributed by atoms with Crippen LogP contribution in [0, 0.1) is 6.92 Å². The Morgan fingerprint density at radius 3 is 2.87 bits per heavy atom. The van der Waals surface area contributed by atoms with Crippen molar-refractivity contribution in [3.05, 3.63) is 77.5 Å². The Hall–Kier alpha value is -4.80. The first kappa shape index (κ1) is 24.9. The summed E-state index contributed by atoms with van der Waals surface area (Å²) in [6.45, 7) is 2.74. The zero-order valence-corrected chi connectivity index (χ0v) is 20.9. The van der Waals surface area contributed by atoms with E-state index in [1.54, 1.807) is 35.2 Å². The van der Waals surface area contributed by atoms with Crippen LogP contribution >= 0.6 is 0 Å². The van der Waals surface area contributed by atoms with Crippen LogP contribution in [-0.2, 0) is 4.79 Å². The lowest BCUT2D eigenvalue weighted by atomic mass is 10.0. The SMILES string of the molecule is Cc1ccc(-n2cnnn2)c(/C=C/C(=O)N[C@H]2CCCCCNc3ccc(C(=O)O)cc3-c3c[nH]c2n3)c1. The molecule has 2 aromatic carbocycles. The van der Waals surface area contributed by atoms with Crippen LogP contribution in [0.3, 0.4) is 0 Å². The normalized spacial score (nSPS) is 15.7. The fourth-order valence-corrected chi connectivity index (χ4v) is 4.52. The Kier molecular flexibility index (Phi) is 7.25. The third-order valence-corrected chi connectivity index (χ3v) is 6.46. The molecule has 4 aromatic rings. The summed E-state index contributed by atoms with van der Waals surface area (Å²) in [6, 6.07) is 10.5. The summed E-state index contributed by atoms with van der Waals surface area (Å²) in [7, 11) is 0. The quantitative estimate of drug-likeness (QED) is 0.294. The van der Waals surface area contributed by atoms with Crippen molar-refractivity contribution in [2.45, 2.75) is 38.6 Å². The average Bonchev–Trinajstić information content (AvgIpc) is 3.61. The van der Waals surface area contributed by atoms with Crippen molar-refractivity contribution in [2.75, 3.05) is 11.9 Å². The number of anilines is 1. The van der Waals surface area contributed by atoms with Gasteiger partial charge in [0, 0.05) is 35.6 Å². The van der Waals surface area contributed by atoms with Crippen LogP contribution in [0.2, 0.25) is 0 Å². The number of aromatic nitrogens is 6. The molecule has 1 aliphatic heterocycles. The van der Waals surface area contributed by atoms with Gasteiger partial charge in [-0.2, -0.15) is 4.68 Å². The van der Waals surface area contributed by atoms with Crippen LogP contribution < -0.4 is 10.6 Å². The largest absolute Gasteiger partial charge is 0.478 e. The van der Waals surface area contributed by atoms with Crippen molar-refractivity contribution < 1.29 is 14.7 Å². The zero-order valence-electron chi connectivity index (χ0n) is 20.9. The minimum Gasteiger partial charge on any atom is -0.478 e. The first-order valence-corrected chi connectivity index (χ1v) is 12.5. The lowest BCUT2D eigenvalue weighted by molar-refractivity contribution is -0.117. The Morgan fingerprint density at radius 1 is 1.16 bits per heavy atom. The Labute approximate surface area is 219 Å². The number of H-pyrrole nitrogens is 1. The maximum atomic E-state index is 13.0. The Balaban J connectivity index is 1.39. The molecule has 1 aliphatic rings. The molecule has 0 saturated heterocycles. The van der Waals surface area contributed by atoms with E-state index in [0.29, 0.717) is 17.1 Å². The van der Waals surface area contributed by atoms with E-state index in [2.05, 4.69) is 31.1 Å². The number of nitrogens with one attached hydrogen (secondary N) is 3. The highest BCUT2D eigenvalue weighted by Crippen LogP contribution is 2.30. The van der Waals surface area contributed by atoms with Crippen molar-refractivity contribution in [1.29, 1.82) is 0 Å². The van der Waals surface area contributed by atoms with E-state index < -0.39 is 5.97 Å². The molecule has 0 saturated carbocycles. The summed E-state index contributed by atoms with van der Waals surface area (Å²) in [4.78, 5) is 32.5. The maximum Gasteiger partial charge on any atom is 0.335 e. The number of fused-ring (bicyclic) bond motifs is 4. The first-order valence-electron chi connectivity index (χ1n) is 12.5. The fraction of sp³-hybridized carbons (Fsp3) is 0.259. The highest BCUT2D eigenvalue weighted by Gasteiger charge is 2.20. The Morgan fingerprint density at radius 2 is 2.05 bits per heavy atom. The first-order chi connectivity index (χ1) is 18.5. The molecule has 4 N–H and O–H groups in total. The van der Waals surface area contributed by atoms with E-state index in [1.807, 2.05) is 25.1 Å². The number of rotatable bonds is 5. The van der Waals surface area contributed by atoms with Gasteiger partial charge in [-0.1, -0.05) is 24.5 Å². The molecule has 0 aliphatic carbocycles. The number of carbonyl (C=O) groups excluding carboxylic acids is 1. The summed E-state index contributed by atoms with van der Waals surface area (Å²) in [6.07, 6.45) is 10.1. The minimum atomic E-state index is -0.997. The van der Waals surface area contributed by atoms with Crippen LogP contribution in [-0.4, -0.2) is 53.7 Å². The number of amides is 1. The van der Waals surface area contributed by atoms with E-state index >= 15 is 0 Å². The molecule has 0 fully saturated rings. The highest BCUT2D eigenvalue weighted by molar-refractivity contribution is 5.93. The molecule has 1 atom stereocenters. The van der Waals surface area contributed by atoms with Crippen molar-refractivity contribution in [3.8, 4) is 16.9 Å². The molecule has 11 heteroatoms. The number of carbonyl (C=O) groups is 2. The van der Waals surface area contributed by atoms with E-state index in [1.165, 1.54) is 12.4 Å². The van der Waals surface area contributed by atoms with Gasteiger partial charge in [0.25, 0.3) is 0 Å². The number of carboxylic acids is 1. The van der Waals surface area contributed by atoms with Crippen LogP contribution in [0.25, 0.3) is 23.0 Å². The topological polar surface area (TPSA) is 151 Å². The maximum absolute atomic E-state index is 13.0. The van der Waals surface area contributed by atoms with Gasteiger partial charge in [0.15, 0.2) is 0 Å². The average molecular weight is 513 g/mol. The number of tetrazole rings is 1. The van der Waals surface area contributed by atoms with Crippen LogP contribution in [0.4, 0.5) is 5.69 Å². The summed E-state index contributed by atoms with van der Waals surface area (Å²) in [5.74, 6) is -0.623. The zero-order chi connectivity index (χ0) is 26.5. The standard InChI is InChI=1S/C27H28N8O3/c1-17-6-10-24(35-16-30-33-34-35)18(13-17)8-11-25(36)31-22-5-3-2-4-12-28-21-9-7-19(27(37)38)14-20(21)23-15-29-26(22)32-23/h6-11,13-16,22,28H,2-5,12H2,1H3,(H,29,32)(H,31,36)(H,37,38)/b11-8+/t22-/m0/s1. The predicted octanol–water partition coefficient (Wildman–Crippen LogP) is 3.92. The number of nitrogens with zero attached hydrogens (tertiary/aromatic N) is 5. The van der Waals surface area contributed by atoms with Gasteiger partial charge < -0.3 is 20.7 Å². The molecular formula is C27H28N8O3. The van der Waals surface area contributed by atoms with Gasteiger partial charge in [0.2, 0.25) is 5.91 Å². The van der Waals surface area contributed by atoms with E-state index in [4.69, 9.17) is 4.98 Å². The molecule has 2 bridgehead atoms. The molecule has 0 radical (unpaired) electrons. The van der Waals surface area contributed by atoms with Gasteiger partial charge in [-0.05, 0) is 66.6 Å². The van der Waals surface area contributed by atoms with E-state index in [9.17, 15) is 14.7 Å². The molecule has 194 valence electrons. The summed E-state index contributed by atoms with van der Waals surface area (Å²) < 4.78 is 1.55. The van der Waals surface area contributed by atoms with Crippen molar-refractivity contribution >= 4 is 23.6 Å². The number of hydrogen-bond acceptors (Lipinski definition) is 7. The number of aromatic carboxylic acids is 1. The number of hydrogen-bond donors (Lipinski definition) is 4. The number of aromatic amines is 1. The predicted molar refractivity (Wildman–Crippen MR) is 142 cm³/mol. The molecule has 5 rings (SSSR count). The minimum absolute atomic E-state index is 0.189. The fourth-order valence-electron chi connectivity index (χ4n) is 4.52. The van der Waals surface area contributed by atoms with Gasteiger partial charge in [-0.3, -0.25) is 4.79 Å². The van der Waals surface area contributed by atoms with E-state index in [0.717, 1.165) is 54.7 Å². The smallest absolute Gasteiger partial charge is 0.335 e. The summed E-state index contributed by atoms with van der Waals surface area (Å²) in [5, 5.41) is 27.3. The van der Waals surface area contributed by atoms with Gasteiger partial charge >= 0.3 is 5.97 Å². The molecule has 1 amide bonds. The monoisotopic (exact) mass is 512 g/mol. The molecule has 0 spiro atoms. The van der Waals surface area contributed by atoms with Gasteiger partial charge in [-0.15, -0.1) is 5.10 Å².